The molecule has 7 nitrogen and oxygen atoms in total. The van der Waals surface area contributed by atoms with Gasteiger partial charge in [-0.05, 0) is 32.0 Å². The number of rotatable bonds is 4. The lowest BCUT2D eigenvalue weighted by Crippen LogP contribution is -2.52. The average Bonchev–Trinajstić information content (AvgIpc) is 3.08. The van der Waals surface area contributed by atoms with E-state index in [1.807, 2.05) is 32.0 Å². The standard InChI is InChI=1S/C20H28N4O3/c1-15(2)24-14-21-18-11-16(3-4-17(18)19(24)25)23-8-6-22(7-9-23)12-20(26)5-10-27-13-20/h3-4,11,14-15,26H,5-10,12-13H2,1-2H3. The average molecular weight is 372 g/mol. The largest absolute Gasteiger partial charge is 0.386 e. The summed E-state index contributed by atoms with van der Waals surface area (Å²) in [4.78, 5) is 21.7. The summed E-state index contributed by atoms with van der Waals surface area (Å²) in [5.74, 6) is 0. The van der Waals surface area contributed by atoms with Crippen LogP contribution in [0.15, 0.2) is 29.3 Å². The monoisotopic (exact) mass is 372 g/mol. The lowest BCUT2D eigenvalue weighted by molar-refractivity contribution is -0.00557. The predicted octanol–water partition coefficient (Wildman–Crippen LogP) is 1.25. The van der Waals surface area contributed by atoms with Crippen molar-refractivity contribution in [3.63, 3.8) is 0 Å². The molecule has 1 N–H and O–H groups in total. The van der Waals surface area contributed by atoms with Gasteiger partial charge in [0, 0.05) is 57.5 Å². The molecule has 1 atom stereocenters. The first-order chi connectivity index (χ1) is 13.0. The Bertz CT molecular complexity index is 865. The van der Waals surface area contributed by atoms with E-state index in [1.165, 1.54) is 0 Å². The fraction of sp³-hybridized carbons (Fsp3) is 0.600. The lowest BCUT2D eigenvalue weighted by Gasteiger charge is -2.38. The molecule has 0 bridgehead atoms. The maximum Gasteiger partial charge on any atom is 0.261 e. The quantitative estimate of drug-likeness (QED) is 0.871. The summed E-state index contributed by atoms with van der Waals surface area (Å²) in [6.07, 6.45) is 2.36. The second-order valence-electron chi connectivity index (χ2n) is 8.04. The molecule has 0 saturated carbocycles. The number of hydrogen-bond donors (Lipinski definition) is 1. The molecular weight excluding hydrogens is 344 g/mol. The van der Waals surface area contributed by atoms with Crippen molar-refractivity contribution in [3.05, 3.63) is 34.9 Å². The third-order valence-corrected chi connectivity index (χ3v) is 5.66. The molecule has 0 radical (unpaired) electrons. The number of fused-ring (bicyclic) bond motifs is 1. The third-order valence-electron chi connectivity index (χ3n) is 5.66. The molecule has 27 heavy (non-hydrogen) atoms. The first-order valence-electron chi connectivity index (χ1n) is 9.74. The van der Waals surface area contributed by atoms with Gasteiger partial charge in [0.05, 0.1) is 23.8 Å². The van der Waals surface area contributed by atoms with Crippen LogP contribution in [-0.4, -0.2) is 71.1 Å². The molecule has 146 valence electrons. The molecule has 1 unspecified atom stereocenters. The summed E-state index contributed by atoms with van der Waals surface area (Å²) < 4.78 is 7.01. The van der Waals surface area contributed by atoms with E-state index in [-0.39, 0.29) is 11.6 Å². The minimum atomic E-state index is -0.689. The van der Waals surface area contributed by atoms with Crippen LogP contribution in [0.1, 0.15) is 26.3 Å². The Morgan fingerprint density at radius 2 is 2.04 bits per heavy atom. The van der Waals surface area contributed by atoms with E-state index in [4.69, 9.17) is 4.74 Å². The summed E-state index contributed by atoms with van der Waals surface area (Å²) in [5.41, 5.74) is 1.16. The lowest BCUT2D eigenvalue weighted by atomic mass is 10.0. The van der Waals surface area contributed by atoms with Gasteiger partial charge in [0.2, 0.25) is 0 Å². The molecule has 0 amide bonds. The van der Waals surface area contributed by atoms with Crippen molar-refractivity contribution >= 4 is 16.6 Å². The number of aromatic nitrogens is 2. The highest BCUT2D eigenvalue weighted by atomic mass is 16.5. The zero-order valence-electron chi connectivity index (χ0n) is 16.1. The van der Waals surface area contributed by atoms with Crippen LogP contribution in [0, 0.1) is 0 Å². The number of nitrogens with zero attached hydrogens (tertiary/aromatic N) is 4. The first kappa shape index (κ1) is 18.4. The smallest absolute Gasteiger partial charge is 0.261 e. The minimum absolute atomic E-state index is 0.0124. The highest BCUT2D eigenvalue weighted by Crippen LogP contribution is 2.23. The summed E-state index contributed by atoms with van der Waals surface area (Å²) in [5, 5.41) is 11.2. The molecule has 4 rings (SSSR count). The highest BCUT2D eigenvalue weighted by molar-refractivity contribution is 5.81. The SMILES string of the molecule is CC(C)n1cnc2cc(N3CCN(CC4(O)CCOC4)CC3)ccc2c1=O. The molecule has 2 aliphatic rings. The normalized spacial score (nSPS) is 24.2. The van der Waals surface area contributed by atoms with E-state index in [0.717, 1.165) is 43.8 Å². The van der Waals surface area contributed by atoms with Gasteiger partial charge in [-0.1, -0.05) is 0 Å². The third kappa shape index (κ3) is 3.72. The van der Waals surface area contributed by atoms with Crippen LogP contribution in [0.2, 0.25) is 0 Å². The number of anilines is 1. The van der Waals surface area contributed by atoms with Crippen LogP contribution in [0.3, 0.4) is 0 Å². The van der Waals surface area contributed by atoms with Crippen molar-refractivity contribution < 1.29 is 9.84 Å². The van der Waals surface area contributed by atoms with Crippen molar-refractivity contribution in [2.45, 2.75) is 31.9 Å². The van der Waals surface area contributed by atoms with E-state index >= 15 is 0 Å². The van der Waals surface area contributed by atoms with Crippen LogP contribution in [0.5, 0.6) is 0 Å². The van der Waals surface area contributed by atoms with Crippen LogP contribution in [0.4, 0.5) is 5.69 Å². The fourth-order valence-electron chi connectivity index (χ4n) is 3.99. The van der Waals surface area contributed by atoms with Crippen molar-refractivity contribution in [2.24, 2.45) is 0 Å². The van der Waals surface area contributed by atoms with E-state index in [1.54, 1.807) is 10.9 Å². The number of piperazine rings is 1. The topological polar surface area (TPSA) is 70.8 Å². The van der Waals surface area contributed by atoms with Gasteiger partial charge in [-0.25, -0.2) is 4.98 Å². The number of hydrogen-bond acceptors (Lipinski definition) is 6. The Kier molecular flexibility index (Phi) is 4.92. The van der Waals surface area contributed by atoms with Crippen LogP contribution >= 0.6 is 0 Å². The number of aliphatic hydroxyl groups is 1. The summed E-state index contributed by atoms with van der Waals surface area (Å²) in [7, 11) is 0. The van der Waals surface area contributed by atoms with Gasteiger partial charge in [-0.15, -0.1) is 0 Å². The molecule has 0 aliphatic carbocycles. The number of β-amino-alcohol motifs (C(OH)–C–C–N with tert-alkyl or cyclic N) is 1. The summed E-state index contributed by atoms with van der Waals surface area (Å²) >= 11 is 0. The summed E-state index contributed by atoms with van der Waals surface area (Å²) in [6, 6.07) is 6.02. The molecule has 2 fully saturated rings. The maximum absolute atomic E-state index is 12.6. The van der Waals surface area contributed by atoms with Crippen molar-refractivity contribution in [2.75, 3.05) is 50.8 Å². The van der Waals surface area contributed by atoms with Gasteiger partial charge < -0.3 is 14.7 Å². The Morgan fingerprint density at radius 3 is 2.70 bits per heavy atom. The molecule has 1 aromatic heterocycles. The van der Waals surface area contributed by atoms with E-state index in [0.29, 0.717) is 25.1 Å². The van der Waals surface area contributed by atoms with Crippen LogP contribution < -0.4 is 10.5 Å². The Hall–Kier alpha value is -1.96. The van der Waals surface area contributed by atoms with Crippen molar-refractivity contribution in [1.29, 1.82) is 0 Å². The molecular formula is C20H28N4O3. The van der Waals surface area contributed by atoms with Crippen molar-refractivity contribution in [3.8, 4) is 0 Å². The Balaban J connectivity index is 1.46. The number of ether oxygens (including phenoxy) is 1. The van der Waals surface area contributed by atoms with Crippen molar-refractivity contribution in [1.82, 2.24) is 14.5 Å². The molecule has 3 heterocycles. The fourth-order valence-corrected chi connectivity index (χ4v) is 3.99. The second kappa shape index (κ2) is 7.22. The van der Waals surface area contributed by atoms with E-state index in [9.17, 15) is 9.90 Å². The van der Waals surface area contributed by atoms with Gasteiger partial charge in [0.15, 0.2) is 0 Å². The van der Waals surface area contributed by atoms with Crippen LogP contribution in [-0.2, 0) is 4.74 Å². The first-order valence-corrected chi connectivity index (χ1v) is 9.74. The minimum Gasteiger partial charge on any atom is -0.386 e. The predicted molar refractivity (Wildman–Crippen MR) is 105 cm³/mol. The molecule has 0 spiro atoms. The Labute approximate surface area is 159 Å². The summed E-state index contributed by atoms with van der Waals surface area (Å²) in [6.45, 7) is 9.34. The van der Waals surface area contributed by atoms with E-state index < -0.39 is 5.60 Å². The zero-order chi connectivity index (χ0) is 19.0. The molecule has 7 heteroatoms. The maximum atomic E-state index is 12.6. The van der Waals surface area contributed by atoms with Gasteiger partial charge in [-0.2, -0.15) is 0 Å². The van der Waals surface area contributed by atoms with Gasteiger partial charge in [0.1, 0.15) is 5.60 Å². The van der Waals surface area contributed by atoms with E-state index in [2.05, 4.69) is 14.8 Å². The molecule has 2 aliphatic heterocycles. The van der Waals surface area contributed by atoms with Gasteiger partial charge in [-0.3, -0.25) is 14.3 Å². The van der Waals surface area contributed by atoms with Crippen LogP contribution in [0.25, 0.3) is 10.9 Å². The molecule has 2 aromatic rings. The second-order valence-corrected chi connectivity index (χ2v) is 8.04. The zero-order valence-corrected chi connectivity index (χ0v) is 16.1. The Morgan fingerprint density at radius 1 is 1.26 bits per heavy atom. The number of benzene rings is 1. The molecule has 2 saturated heterocycles. The van der Waals surface area contributed by atoms with Gasteiger partial charge in [0.25, 0.3) is 5.56 Å². The highest BCUT2D eigenvalue weighted by Gasteiger charge is 2.35. The molecule has 1 aromatic carbocycles. The van der Waals surface area contributed by atoms with Gasteiger partial charge >= 0.3 is 0 Å².